The number of nitro groups is 1. The zero-order valence-electron chi connectivity index (χ0n) is 16.5. The molecule has 152 valence electrons. The molecule has 0 saturated carbocycles. The zero-order valence-corrected chi connectivity index (χ0v) is 16.5. The molecule has 8 heteroatoms. The molecule has 1 saturated heterocycles. The van der Waals surface area contributed by atoms with Gasteiger partial charge in [-0.05, 0) is 24.6 Å². The van der Waals surface area contributed by atoms with E-state index in [0.29, 0.717) is 43.1 Å². The molecule has 1 fully saturated rings. The third kappa shape index (κ3) is 4.53. The number of aryl methyl sites for hydroxylation is 1. The number of rotatable bonds is 5. The lowest BCUT2D eigenvalue weighted by molar-refractivity contribution is -0.385. The van der Waals surface area contributed by atoms with Gasteiger partial charge in [-0.25, -0.2) is 0 Å². The molecule has 0 bridgehead atoms. The van der Waals surface area contributed by atoms with Crippen molar-refractivity contribution in [2.24, 2.45) is 0 Å². The average Bonchev–Trinajstić information content (AvgIpc) is 2.74. The monoisotopic (exact) mass is 397 g/mol. The molecule has 0 aromatic heterocycles. The van der Waals surface area contributed by atoms with E-state index in [4.69, 9.17) is 4.74 Å². The van der Waals surface area contributed by atoms with E-state index in [1.54, 1.807) is 47.2 Å². The highest BCUT2D eigenvalue weighted by molar-refractivity contribution is 5.95. The Balaban J connectivity index is 1.61. The Labute approximate surface area is 168 Å². The number of carbonyl (C=O) groups is 2. The van der Waals surface area contributed by atoms with Crippen LogP contribution in [-0.2, 0) is 11.2 Å². The van der Waals surface area contributed by atoms with Gasteiger partial charge < -0.3 is 14.5 Å². The summed E-state index contributed by atoms with van der Waals surface area (Å²) in [7, 11) is 1.57. The van der Waals surface area contributed by atoms with Crippen molar-refractivity contribution in [1.82, 2.24) is 9.80 Å². The molecule has 1 heterocycles. The Morgan fingerprint density at radius 3 is 2.38 bits per heavy atom. The molecule has 3 rings (SSSR count). The summed E-state index contributed by atoms with van der Waals surface area (Å²) in [6.07, 6.45) is -0.0275. The normalized spacial score (nSPS) is 13.9. The molecule has 0 radical (unpaired) electrons. The number of piperazine rings is 1. The van der Waals surface area contributed by atoms with E-state index in [1.807, 2.05) is 13.0 Å². The summed E-state index contributed by atoms with van der Waals surface area (Å²) < 4.78 is 5.28. The molecule has 2 aromatic carbocycles. The summed E-state index contributed by atoms with van der Waals surface area (Å²) in [6, 6.07) is 11.6. The van der Waals surface area contributed by atoms with E-state index in [1.165, 1.54) is 6.07 Å². The minimum absolute atomic E-state index is 0.0275. The smallest absolute Gasteiger partial charge is 0.273 e. The van der Waals surface area contributed by atoms with Crippen LogP contribution in [0.2, 0.25) is 0 Å². The summed E-state index contributed by atoms with van der Waals surface area (Å²) in [5.74, 6) is 0.381. The zero-order chi connectivity index (χ0) is 21.0. The van der Waals surface area contributed by atoms with Crippen molar-refractivity contribution >= 4 is 17.5 Å². The maximum atomic E-state index is 12.8. The fourth-order valence-corrected chi connectivity index (χ4v) is 3.41. The van der Waals surface area contributed by atoms with E-state index in [0.717, 1.165) is 5.56 Å². The highest BCUT2D eigenvalue weighted by atomic mass is 16.6. The minimum Gasteiger partial charge on any atom is -0.496 e. The Morgan fingerprint density at radius 2 is 1.72 bits per heavy atom. The third-order valence-corrected chi connectivity index (χ3v) is 5.10. The minimum atomic E-state index is -0.477. The predicted octanol–water partition coefficient (Wildman–Crippen LogP) is 2.44. The van der Waals surface area contributed by atoms with Gasteiger partial charge in [0.25, 0.3) is 11.6 Å². The van der Waals surface area contributed by atoms with Crippen molar-refractivity contribution in [2.75, 3.05) is 33.3 Å². The molecule has 1 aliphatic heterocycles. The molecule has 8 nitrogen and oxygen atoms in total. The molecule has 2 amide bonds. The number of ether oxygens (including phenoxy) is 1. The first kappa shape index (κ1) is 20.3. The first-order valence-corrected chi connectivity index (χ1v) is 9.34. The number of benzene rings is 2. The molecule has 0 spiro atoms. The van der Waals surface area contributed by atoms with Crippen LogP contribution in [0.15, 0.2) is 42.5 Å². The van der Waals surface area contributed by atoms with Crippen molar-refractivity contribution < 1.29 is 19.2 Å². The van der Waals surface area contributed by atoms with E-state index in [9.17, 15) is 19.7 Å². The van der Waals surface area contributed by atoms with Crippen LogP contribution in [0, 0.1) is 17.0 Å². The highest BCUT2D eigenvalue weighted by Crippen LogP contribution is 2.21. The van der Waals surface area contributed by atoms with Gasteiger partial charge in [-0.15, -0.1) is 0 Å². The van der Waals surface area contributed by atoms with Gasteiger partial charge in [-0.2, -0.15) is 0 Å². The second-order valence-corrected chi connectivity index (χ2v) is 6.92. The quantitative estimate of drug-likeness (QED) is 0.571. The van der Waals surface area contributed by atoms with E-state index in [2.05, 4.69) is 0 Å². The number of amides is 2. The Morgan fingerprint density at radius 1 is 1.07 bits per heavy atom. The Hall–Kier alpha value is -3.42. The lowest BCUT2D eigenvalue weighted by atomic mass is 10.1. The second-order valence-electron chi connectivity index (χ2n) is 6.92. The van der Waals surface area contributed by atoms with Crippen molar-refractivity contribution in [3.05, 3.63) is 69.3 Å². The summed E-state index contributed by atoms with van der Waals surface area (Å²) in [5.41, 5.74) is 1.84. The Bertz CT molecular complexity index is 936. The molecule has 29 heavy (non-hydrogen) atoms. The summed E-state index contributed by atoms with van der Waals surface area (Å²) in [5, 5.41) is 11.1. The first-order valence-electron chi connectivity index (χ1n) is 9.34. The number of carbonyl (C=O) groups excluding carboxylic acids is 2. The number of hydrogen-bond acceptors (Lipinski definition) is 5. The molecular weight excluding hydrogens is 374 g/mol. The predicted molar refractivity (Wildman–Crippen MR) is 107 cm³/mol. The summed E-state index contributed by atoms with van der Waals surface area (Å²) in [6.45, 7) is 3.53. The van der Waals surface area contributed by atoms with Crippen molar-refractivity contribution in [3.63, 3.8) is 0 Å². The number of para-hydroxylation sites is 1. The van der Waals surface area contributed by atoms with Crippen LogP contribution in [0.1, 0.15) is 21.5 Å². The SMILES string of the molecule is COc1cc(C(=O)N2CCN(C(=O)Cc3ccccc3[N+](=O)[O-])CC2)ccc1C. The number of hydrogen-bond donors (Lipinski definition) is 0. The van der Waals surface area contributed by atoms with Crippen LogP contribution in [0.25, 0.3) is 0 Å². The molecule has 0 N–H and O–H groups in total. The van der Waals surface area contributed by atoms with Crippen molar-refractivity contribution in [2.45, 2.75) is 13.3 Å². The van der Waals surface area contributed by atoms with Gasteiger partial charge in [-0.3, -0.25) is 19.7 Å². The number of nitrogens with zero attached hydrogens (tertiary/aromatic N) is 3. The van der Waals surface area contributed by atoms with E-state index in [-0.39, 0.29) is 23.9 Å². The van der Waals surface area contributed by atoms with Gasteiger partial charge in [0, 0.05) is 43.4 Å². The van der Waals surface area contributed by atoms with Crippen molar-refractivity contribution in [1.29, 1.82) is 0 Å². The molecule has 0 atom stereocenters. The Kier molecular flexibility index (Phi) is 6.11. The van der Waals surface area contributed by atoms with Crippen LogP contribution >= 0.6 is 0 Å². The van der Waals surface area contributed by atoms with E-state index >= 15 is 0 Å². The van der Waals surface area contributed by atoms with E-state index < -0.39 is 4.92 Å². The van der Waals surface area contributed by atoms with Gasteiger partial charge in [0.2, 0.25) is 5.91 Å². The topological polar surface area (TPSA) is 93.0 Å². The lowest BCUT2D eigenvalue weighted by Gasteiger charge is -2.35. The standard InChI is InChI=1S/C21H23N3O5/c1-15-7-8-17(13-19(15)29-2)21(26)23-11-9-22(10-12-23)20(25)14-16-5-3-4-6-18(16)24(27)28/h3-8,13H,9-12,14H2,1-2H3. The highest BCUT2D eigenvalue weighted by Gasteiger charge is 2.26. The fraction of sp³-hybridized carbons (Fsp3) is 0.333. The average molecular weight is 397 g/mol. The maximum absolute atomic E-state index is 12.8. The van der Waals surface area contributed by atoms with Crippen LogP contribution in [0.5, 0.6) is 5.75 Å². The summed E-state index contributed by atoms with van der Waals surface area (Å²) in [4.78, 5) is 39.4. The van der Waals surface area contributed by atoms with Crippen molar-refractivity contribution in [3.8, 4) is 5.75 Å². The van der Waals surface area contributed by atoms with Crippen LogP contribution in [0.4, 0.5) is 5.69 Å². The molecular formula is C21H23N3O5. The van der Waals surface area contributed by atoms with Crippen LogP contribution in [-0.4, -0.2) is 59.8 Å². The number of methoxy groups -OCH3 is 1. The van der Waals surface area contributed by atoms with Gasteiger partial charge in [0.1, 0.15) is 5.75 Å². The first-order chi connectivity index (χ1) is 13.9. The molecule has 0 unspecified atom stereocenters. The third-order valence-electron chi connectivity index (χ3n) is 5.10. The molecule has 2 aromatic rings. The van der Waals surface area contributed by atoms with Gasteiger partial charge in [-0.1, -0.05) is 24.3 Å². The van der Waals surface area contributed by atoms with Gasteiger partial charge in [0.05, 0.1) is 18.5 Å². The van der Waals surface area contributed by atoms with Gasteiger partial charge >= 0.3 is 0 Å². The lowest BCUT2D eigenvalue weighted by Crippen LogP contribution is -2.51. The van der Waals surface area contributed by atoms with Crippen LogP contribution < -0.4 is 4.74 Å². The van der Waals surface area contributed by atoms with Crippen LogP contribution in [0.3, 0.4) is 0 Å². The largest absolute Gasteiger partial charge is 0.496 e. The fourth-order valence-electron chi connectivity index (χ4n) is 3.41. The molecule has 1 aliphatic rings. The summed E-state index contributed by atoms with van der Waals surface area (Å²) >= 11 is 0. The maximum Gasteiger partial charge on any atom is 0.273 e. The molecule has 0 aliphatic carbocycles. The second kappa shape index (κ2) is 8.72. The van der Waals surface area contributed by atoms with Gasteiger partial charge in [0.15, 0.2) is 0 Å². The number of nitro benzene ring substituents is 1.